The number of rotatable bonds is 6. The second-order valence-corrected chi connectivity index (χ2v) is 6.95. The Kier molecular flexibility index (Phi) is 6.70. The number of hydrogen-bond acceptors (Lipinski definition) is 1. The zero-order valence-corrected chi connectivity index (χ0v) is 13.2. The molecule has 0 unspecified atom stereocenters. The summed E-state index contributed by atoms with van der Waals surface area (Å²) >= 11 is 0. The topological polar surface area (TPSA) is 9.23 Å². The van der Waals surface area contributed by atoms with Crippen LogP contribution in [0.15, 0.2) is 0 Å². The summed E-state index contributed by atoms with van der Waals surface area (Å²) in [7, 11) is 0. The largest absolute Gasteiger partial charge is 0.378 e. The zero-order valence-electron chi connectivity index (χ0n) is 13.2. The van der Waals surface area contributed by atoms with Crippen molar-refractivity contribution in [2.24, 2.45) is 17.8 Å². The molecule has 0 saturated heterocycles. The lowest BCUT2D eigenvalue weighted by atomic mass is 9.70. The minimum atomic E-state index is 0.592. The van der Waals surface area contributed by atoms with Crippen molar-refractivity contribution >= 4 is 0 Å². The van der Waals surface area contributed by atoms with E-state index in [4.69, 9.17) is 4.74 Å². The number of ether oxygens (including phenoxy) is 1. The second kappa shape index (κ2) is 8.29. The molecule has 0 bridgehead atoms. The first kappa shape index (κ1) is 15.4. The highest BCUT2D eigenvalue weighted by Gasteiger charge is 2.30. The minimum Gasteiger partial charge on any atom is -0.378 e. The Hall–Kier alpha value is -0.0400. The Balaban J connectivity index is 1.63. The SMILES string of the molecule is CCCCO[C@H]1CC[C@H](C2CCC(CC)CC2)CC1. The first-order chi connectivity index (χ1) is 9.33. The third-order valence-electron chi connectivity index (χ3n) is 5.71. The molecule has 2 rings (SSSR count). The Labute approximate surface area is 120 Å². The molecule has 0 aromatic rings. The molecule has 0 aliphatic heterocycles. The molecule has 0 amide bonds. The highest BCUT2D eigenvalue weighted by molar-refractivity contribution is 4.82. The van der Waals surface area contributed by atoms with Gasteiger partial charge in [0, 0.05) is 6.61 Å². The summed E-state index contributed by atoms with van der Waals surface area (Å²) in [5.41, 5.74) is 0. The summed E-state index contributed by atoms with van der Waals surface area (Å²) < 4.78 is 5.99. The van der Waals surface area contributed by atoms with Crippen LogP contribution in [0.3, 0.4) is 0 Å². The summed E-state index contributed by atoms with van der Waals surface area (Å²) in [5, 5.41) is 0. The van der Waals surface area contributed by atoms with Gasteiger partial charge < -0.3 is 4.74 Å². The van der Waals surface area contributed by atoms with E-state index in [1.165, 1.54) is 70.6 Å². The summed E-state index contributed by atoms with van der Waals surface area (Å²) in [6, 6.07) is 0. The van der Waals surface area contributed by atoms with Gasteiger partial charge in [0.1, 0.15) is 0 Å². The molecule has 0 aromatic carbocycles. The molecule has 2 saturated carbocycles. The van der Waals surface area contributed by atoms with Gasteiger partial charge in [-0.2, -0.15) is 0 Å². The van der Waals surface area contributed by atoms with E-state index in [1.54, 1.807) is 0 Å². The van der Waals surface area contributed by atoms with Crippen LogP contribution in [0.2, 0.25) is 0 Å². The van der Waals surface area contributed by atoms with E-state index in [9.17, 15) is 0 Å². The molecule has 112 valence electrons. The summed E-state index contributed by atoms with van der Waals surface area (Å²) in [5.74, 6) is 3.13. The average Bonchev–Trinajstić information content (AvgIpc) is 2.48. The van der Waals surface area contributed by atoms with Crippen LogP contribution in [0.25, 0.3) is 0 Å². The van der Waals surface area contributed by atoms with Crippen LogP contribution in [0, 0.1) is 17.8 Å². The molecule has 0 radical (unpaired) electrons. The third kappa shape index (κ3) is 4.77. The molecule has 0 aromatic heterocycles. The maximum absolute atomic E-state index is 5.99. The second-order valence-electron chi connectivity index (χ2n) is 6.95. The van der Waals surface area contributed by atoms with Gasteiger partial charge in [-0.15, -0.1) is 0 Å². The molecule has 2 aliphatic carbocycles. The monoisotopic (exact) mass is 266 g/mol. The Morgan fingerprint density at radius 1 is 0.789 bits per heavy atom. The lowest BCUT2D eigenvalue weighted by Crippen LogP contribution is -2.28. The van der Waals surface area contributed by atoms with Gasteiger partial charge in [-0.1, -0.05) is 39.5 Å². The molecule has 2 fully saturated rings. The highest BCUT2D eigenvalue weighted by Crippen LogP contribution is 2.41. The fraction of sp³-hybridized carbons (Fsp3) is 1.00. The lowest BCUT2D eigenvalue weighted by Gasteiger charge is -2.37. The van der Waals surface area contributed by atoms with Gasteiger partial charge >= 0.3 is 0 Å². The number of hydrogen-bond donors (Lipinski definition) is 0. The van der Waals surface area contributed by atoms with Crippen LogP contribution in [0.1, 0.15) is 84.5 Å². The van der Waals surface area contributed by atoms with Crippen molar-refractivity contribution in [3.63, 3.8) is 0 Å². The van der Waals surface area contributed by atoms with E-state index in [-0.39, 0.29) is 0 Å². The molecular weight excluding hydrogens is 232 g/mol. The van der Waals surface area contributed by atoms with Crippen molar-refractivity contribution in [3.05, 3.63) is 0 Å². The molecule has 1 nitrogen and oxygen atoms in total. The normalized spacial score (nSPS) is 36.3. The summed E-state index contributed by atoms with van der Waals surface area (Å²) in [4.78, 5) is 0. The minimum absolute atomic E-state index is 0.592. The van der Waals surface area contributed by atoms with Gasteiger partial charge in [0.05, 0.1) is 6.10 Å². The van der Waals surface area contributed by atoms with E-state index >= 15 is 0 Å². The first-order valence-corrected chi connectivity index (χ1v) is 8.95. The lowest BCUT2D eigenvalue weighted by molar-refractivity contribution is 0.00586. The van der Waals surface area contributed by atoms with Gasteiger partial charge in [-0.05, 0) is 62.7 Å². The van der Waals surface area contributed by atoms with E-state index < -0.39 is 0 Å². The van der Waals surface area contributed by atoms with E-state index in [2.05, 4.69) is 13.8 Å². The van der Waals surface area contributed by atoms with Crippen molar-refractivity contribution in [1.29, 1.82) is 0 Å². The fourth-order valence-electron chi connectivity index (χ4n) is 4.19. The highest BCUT2D eigenvalue weighted by atomic mass is 16.5. The smallest absolute Gasteiger partial charge is 0.0575 e. The fourth-order valence-corrected chi connectivity index (χ4v) is 4.19. The van der Waals surface area contributed by atoms with Crippen LogP contribution >= 0.6 is 0 Å². The average molecular weight is 266 g/mol. The van der Waals surface area contributed by atoms with Gasteiger partial charge in [0.25, 0.3) is 0 Å². The van der Waals surface area contributed by atoms with E-state index in [1.807, 2.05) is 0 Å². The quantitative estimate of drug-likeness (QED) is 0.570. The van der Waals surface area contributed by atoms with Crippen LogP contribution in [-0.2, 0) is 4.74 Å². The Bertz CT molecular complexity index is 222. The van der Waals surface area contributed by atoms with Crippen LogP contribution in [0.5, 0.6) is 0 Å². The summed E-state index contributed by atoms with van der Waals surface area (Å²) in [6.45, 7) is 5.60. The molecule has 0 N–H and O–H groups in total. The van der Waals surface area contributed by atoms with E-state index in [0.29, 0.717) is 6.10 Å². The molecular formula is C18H34O. The van der Waals surface area contributed by atoms with Crippen molar-refractivity contribution in [2.45, 2.75) is 90.6 Å². The maximum Gasteiger partial charge on any atom is 0.0575 e. The van der Waals surface area contributed by atoms with Gasteiger partial charge in [0.2, 0.25) is 0 Å². The van der Waals surface area contributed by atoms with Crippen molar-refractivity contribution in [1.82, 2.24) is 0 Å². The number of unbranched alkanes of at least 4 members (excludes halogenated alkanes) is 1. The van der Waals surface area contributed by atoms with Crippen LogP contribution in [0.4, 0.5) is 0 Å². The molecule has 0 heterocycles. The predicted octanol–water partition coefficient (Wildman–Crippen LogP) is 5.58. The van der Waals surface area contributed by atoms with Crippen molar-refractivity contribution < 1.29 is 4.74 Å². The van der Waals surface area contributed by atoms with Crippen LogP contribution < -0.4 is 0 Å². The predicted molar refractivity (Wildman–Crippen MR) is 82.3 cm³/mol. The van der Waals surface area contributed by atoms with Gasteiger partial charge in [-0.25, -0.2) is 0 Å². The van der Waals surface area contributed by atoms with Crippen molar-refractivity contribution in [3.8, 4) is 0 Å². The standard InChI is InChI=1S/C18H34O/c1-3-5-14-19-18-12-10-17(11-13-18)16-8-6-15(4-2)7-9-16/h15-18H,3-14H2,1-2H3/t15?,16?,17-,18-. The third-order valence-corrected chi connectivity index (χ3v) is 5.71. The maximum atomic E-state index is 5.99. The summed E-state index contributed by atoms with van der Waals surface area (Å²) in [6.07, 6.45) is 16.1. The van der Waals surface area contributed by atoms with Crippen LogP contribution in [-0.4, -0.2) is 12.7 Å². The Morgan fingerprint density at radius 2 is 1.37 bits per heavy atom. The molecule has 2 aliphatic rings. The molecule has 0 spiro atoms. The van der Waals surface area contributed by atoms with Gasteiger partial charge in [0.15, 0.2) is 0 Å². The first-order valence-electron chi connectivity index (χ1n) is 8.95. The zero-order chi connectivity index (χ0) is 13.5. The Morgan fingerprint density at radius 3 is 1.89 bits per heavy atom. The molecule has 19 heavy (non-hydrogen) atoms. The molecule has 1 heteroatoms. The van der Waals surface area contributed by atoms with E-state index in [0.717, 1.165) is 24.4 Å². The molecule has 0 atom stereocenters. The van der Waals surface area contributed by atoms with Gasteiger partial charge in [-0.3, -0.25) is 0 Å². The van der Waals surface area contributed by atoms with Crippen molar-refractivity contribution in [2.75, 3.05) is 6.61 Å².